The van der Waals surface area contributed by atoms with Crippen molar-refractivity contribution in [2.24, 2.45) is 5.92 Å². The van der Waals surface area contributed by atoms with Gasteiger partial charge in [-0.15, -0.1) is 0 Å². The molecular formula is C12H22N2O. The van der Waals surface area contributed by atoms with Crippen LogP contribution in [0.1, 0.15) is 45.4 Å². The lowest BCUT2D eigenvalue weighted by molar-refractivity contribution is 0.397. The molecule has 0 aliphatic heterocycles. The van der Waals surface area contributed by atoms with Crippen LogP contribution in [0.2, 0.25) is 0 Å². The zero-order chi connectivity index (χ0) is 11.4. The summed E-state index contributed by atoms with van der Waals surface area (Å²) in [5, 5.41) is 14.4. The lowest BCUT2D eigenvalue weighted by Crippen LogP contribution is -1.97. The topological polar surface area (TPSA) is 38.0 Å². The third-order valence-corrected chi connectivity index (χ3v) is 2.50. The highest BCUT2D eigenvalue weighted by atomic mass is 16.3. The van der Waals surface area contributed by atoms with Crippen LogP contribution in [0, 0.1) is 5.92 Å². The molecule has 0 radical (unpaired) electrons. The summed E-state index contributed by atoms with van der Waals surface area (Å²) in [7, 11) is 0. The second-order valence-electron chi connectivity index (χ2n) is 4.41. The quantitative estimate of drug-likeness (QED) is 0.811. The highest BCUT2D eigenvalue weighted by Crippen LogP contribution is 2.25. The van der Waals surface area contributed by atoms with E-state index in [-0.39, 0.29) is 0 Å². The maximum absolute atomic E-state index is 9.99. The van der Waals surface area contributed by atoms with Crippen molar-refractivity contribution < 1.29 is 5.11 Å². The summed E-state index contributed by atoms with van der Waals surface area (Å²) >= 11 is 0. The first-order chi connectivity index (χ1) is 7.10. The van der Waals surface area contributed by atoms with Crippen LogP contribution < -0.4 is 0 Å². The molecule has 1 N–H and O–H groups in total. The number of aromatic hydroxyl groups is 1. The number of hydrogen-bond donors (Lipinski definition) is 1. The van der Waals surface area contributed by atoms with E-state index in [0.29, 0.717) is 11.8 Å². The van der Waals surface area contributed by atoms with Gasteiger partial charge >= 0.3 is 0 Å². The van der Waals surface area contributed by atoms with Crippen LogP contribution in [0.15, 0.2) is 0 Å². The number of aryl methyl sites for hydroxylation is 2. The van der Waals surface area contributed by atoms with Crippen molar-refractivity contribution in [1.29, 1.82) is 0 Å². The van der Waals surface area contributed by atoms with Crippen molar-refractivity contribution in [3.05, 3.63) is 11.3 Å². The van der Waals surface area contributed by atoms with Gasteiger partial charge in [-0.2, -0.15) is 5.10 Å². The summed E-state index contributed by atoms with van der Waals surface area (Å²) in [4.78, 5) is 0. The van der Waals surface area contributed by atoms with E-state index in [1.165, 1.54) is 0 Å². The molecule has 1 aromatic heterocycles. The van der Waals surface area contributed by atoms with E-state index >= 15 is 0 Å². The summed E-state index contributed by atoms with van der Waals surface area (Å²) in [5.41, 5.74) is 2.12. The summed E-state index contributed by atoms with van der Waals surface area (Å²) in [6.07, 6.45) is 2.95. The van der Waals surface area contributed by atoms with Crippen molar-refractivity contribution in [2.75, 3.05) is 0 Å². The molecule has 0 bridgehead atoms. The van der Waals surface area contributed by atoms with Crippen molar-refractivity contribution in [1.82, 2.24) is 9.78 Å². The average Bonchev–Trinajstić information content (AvgIpc) is 2.46. The Kier molecular flexibility index (Phi) is 4.18. The molecule has 3 nitrogen and oxygen atoms in total. The van der Waals surface area contributed by atoms with Crippen LogP contribution in [0.3, 0.4) is 0 Å². The highest BCUT2D eigenvalue weighted by Gasteiger charge is 2.16. The third-order valence-electron chi connectivity index (χ3n) is 2.50. The van der Waals surface area contributed by atoms with Crippen LogP contribution >= 0.6 is 0 Å². The summed E-state index contributed by atoms with van der Waals surface area (Å²) < 4.78 is 1.70. The molecule has 0 aliphatic carbocycles. The van der Waals surface area contributed by atoms with Gasteiger partial charge in [0.05, 0.1) is 5.69 Å². The van der Waals surface area contributed by atoms with Crippen LogP contribution in [0.4, 0.5) is 0 Å². The van der Waals surface area contributed by atoms with Gasteiger partial charge in [-0.1, -0.05) is 27.2 Å². The average molecular weight is 210 g/mol. The van der Waals surface area contributed by atoms with Gasteiger partial charge in [0.2, 0.25) is 5.88 Å². The molecule has 1 rings (SSSR count). The van der Waals surface area contributed by atoms with E-state index in [0.717, 1.165) is 37.1 Å². The molecule has 0 atom stereocenters. The molecule has 1 aromatic rings. The summed E-state index contributed by atoms with van der Waals surface area (Å²) in [6.45, 7) is 9.21. The van der Waals surface area contributed by atoms with Crippen LogP contribution in [0.5, 0.6) is 5.88 Å². The largest absolute Gasteiger partial charge is 0.493 e. The van der Waals surface area contributed by atoms with Crippen LogP contribution in [-0.4, -0.2) is 14.9 Å². The monoisotopic (exact) mass is 210 g/mol. The molecular weight excluding hydrogens is 188 g/mol. The number of nitrogens with zero attached hydrogens (tertiary/aromatic N) is 2. The van der Waals surface area contributed by atoms with Gasteiger partial charge < -0.3 is 5.11 Å². The molecule has 0 saturated carbocycles. The summed E-state index contributed by atoms with van der Waals surface area (Å²) in [6, 6.07) is 0. The van der Waals surface area contributed by atoms with Crippen molar-refractivity contribution in [2.45, 2.75) is 53.5 Å². The fraction of sp³-hybridized carbons (Fsp3) is 0.750. The molecule has 0 aliphatic rings. The van der Waals surface area contributed by atoms with Crippen molar-refractivity contribution in [3.63, 3.8) is 0 Å². The number of aromatic nitrogens is 2. The molecule has 0 amide bonds. The molecule has 15 heavy (non-hydrogen) atoms. The van der Waals surface area contributed by atoms with Gasteiger partial charge in [0.1, 0.15) is 0 Å². The van der Waals surface area contributed by atoms with Crippen molar-refractivity contribution >= 4 is 0 Å². The lowest BCUT2D eigenvalue weighted by Gasteiger charge is -2.05. The second-order valence-corrected chi connectivity index (χ2v) is 4.41. The standard InChI is InChI=1S/C12H22N2O/c1-5-7-11-10(8-9(3)4)12(15)14(6-2)13-11/h9,15H,5-8H2,1-4H3. The predicted octanol–water partition coefficient (Wildman–Crippen LogP) is 2.76. The molecule has 0 saturated heterocycles. The molecule has 0 fully saturated rings. The van der Waals surface area contributed by atoms with E-state index in [2.05, 4.69) is 25.9 Å². The van der Waals surface area contributed by atoms with E-state index in [4.69, 9.17) is 0 Å². The molecule has 86 valence electrons. The van der Waals surface area contributed by atoms with E-state index in [1.54, 1.807) is 4.68 Å². The van der Waals surface area contributed by atoms with Crippen LogP contribution in [-0.2, 0) is 19.4 Å². The molecule has 0 aromatic carbocycles. The molecule has 0 unspecified atom stereocenters. The Morgan fingerprint density at radius 3 is 2.47 bits per heavy atom. The van der Waals surface area contributed by atoms with Gasteiger partial charge in [-0.05, 0) is 25.7 Å². The third kappa shape index (κ3) is 2.74. The Morgan fingerprint density at radius 2 is 2.00 bits per heavy atom. The second kappa shape index (κ2) is 5.19. The first kappa shape index (κ1) is 12.1. The number of rotatable bonds is 5. The first-order valence-electron chi connectivity index (χ1n) is 5.87. The molecule has 0 spiro atoms. The van der Waals surface area contributed by atoms with Gasteiger partial charge in [0, 0.05) is 12.1 Å². The zero-order valence-electron chi connectivity index (χ0n) is 10.2. The Hall–Kier alpha value is -0.990. The molecule has 1 heterocycles. The Bertz CT molecular complexity index is 316. The van der Waals surface area contributed by atoms with Gasteiger partial charge in [0.25, 0.3) is 0 Å². The normalized spacial score (nSPS) is 11.3. The van der Waals surface area contributed by atoms with E-state index in [9.17, 15) is 5.11 Å². The minimum atomic E-state index is 0.370. The SMILES string of the molecule is CCCc1nn(CC)c(O)c1CC(C)C. The fourth-order valence-electron chi connectivity index (χ4n) is 1.81. The van der Waals surface area contributed by atoms with Gasteiger partial charge in [0.15, 0.2) is 0 Å². The first-order valence-corrected chi connectivity index (χ1v) is 5.87. The van der Waals surface area contributed by atoms with Crippen molar-refractivity contribution in [3.8, 4) is 5.88 Å². The molecule has 3 heteroatoms. The fourth-order valence-corrected chi connectivity index (χ4v) is 1.81. The summed E-state index contributed by atoms with van der Waals surface area (Å²) in [5.74, 6) is 0.927. The minimum Gasteiger partial charge on any atom is -0.493 e. The van der Waals surface area contributed by atoms with Gasteiger partial charge in [-0.3, -0.25) is 0 Å². The Labute approximate surface area is 92.1 Å². The lowest BCUT2D eigenvalue weighted by atomic mass is 10.0. The van der Waals surface area contributed by atoms with E-state index in [1.807, 2.05) is 6.92 Å². The highest BCUT2D eigenvalue weighted by molar-refractivity contribution is 5.31. The van der Waals surface area contributed by atoms with Gasteiger partial charge in [-0.25, -0.2) is 4.68 Å². The smallest absolute Gasteiger partial charge is 0.212 e. The maximum Gasteiger partial charge on any atom is 0.212 e. The Balaban J connectivity index is 3.01. The van der Waals surface area contributed by atoms with E-state index < -0.39 is 0 Å². The predicted molar refractivity (Wildman–Crippen MR) is 62.1 cm³/mol. The maximum atomic E-state index is 9.99. The van der Waals surface area contributed by atoms with Crippen LogP contribution in [0.25, 0.3) is 0 Å². The zero-order valence-corrected chi connectivity index (χ0v) is 10.2. The Morgan fingerprint density at radius 1 is 1.33 bits per heavy atom. The minimum absolute atomic E-state index is 0.370. The number of hydrogen-bond acceptors (Lipinski definition) is 2.